The number of rotatable bonds is 5. The van der Waals surface area contributed by atoms with Gasteiger partial charge < -0.3 is 19.9 Å². The molecule has 5 nitrogen and oxygen atoms in total. The minimum atomic E-state index is -0.412. The first-order valence-electron chi connectivity index (χ1n) is 6.34. The van der Waals surface area contributed by atoms with E-state index in [1.54, 1.807) is 12.1 Å². The SMILES string of the molecule is COc1cc(N)c(C(=O)OCC2CCC2)cc1OC. The molecule has 1 fully saturated rings. The standard InChI is InChI=1S/C14H19NO4/c1-17-12-6-10(11(15)7-13(12)18-2)14(16)19-8-9-4-3-5-9/h6-7,9H,3-5,8,15H2,1-2H3. The Balaban J connectivity index is 2.11. The number of esters is 1. The second kappa shape index (κ2) is 5.82. The van der Waals surface area contributed by atoms with Crippen LogP contribution in [0.1, 0.15) is 29.6 Å². The molecule has 0 amide bonds. The minimum absolute atomic E-state index is 0.317. The van der Waals surface area contributed by atoms with Crippen molar-refractivity contribution >= 4 is 11.7 Å². The van der Waals surface area contributed by atoms with Gasteiger partial charge in [0.15, 0.2) is 11.5 Å². The molecular weight excluding hydrogens is 246 g/mol. The summed E-state index contributed by atoms with van der Waals surface area (Å²) in [4.78, 5) is 12.0. The third-order valence-corrected chi connectivity index (χ3v) is 3.45. The average molecular weight is 265 g/mol. The van der Waals surface area contributed by atoms with Gasteiger partial charge >= 0.3 is 5.97 Å². The third-order valence-electron chi connectivity index (χ3n) is 3.45. The Hall–Kier alpha value is -1.91. The van der Waals surface area contributed by atoms with Crippen LogP contribution in [0.15, 0.2) is 12.1 Å². The van der Waals surface area contributed by atoms with E-state index < -0.39 is 5.97 Å². The zero-order valence-corrected chi connectivity index (χ0v) is 11.3. The molecule has 1 aliphatic carbocycles. The second-order valence-electron chi connectivity index (χ2n) is 4.69. The summed E-state index contributed by atoms with van der Waals surface area (Å²) in [6, 6.07) is 3.12. The highest BCUT2D eigenvalue weighted by Crippen LogP contribution is 2.32. The molecule has 0 saturated heterocycles. The van der Waals surface area contributed by atoms with Crippen molar-refractivity contribution in [2.45, 2.75) is 19.3 Å². The lowest BCUT2D eigenvalue weighted by atomic mass is 9.86. The van der Waals surface area contributed by atoms with Crippen molar-refractivity contribution in [3.05, 3.63) is 17.7 Å². The maximum Gasteiger partial charge on any atom is 0.340 e. The molecule has 0 radical (unpaired) electrons. The predicted molar refractivity (Wildman–Crippen MR) is 71.6 cm³/mol. The summed E-state index contributed by atoms with van der Waals surface area (Å²) in [5, 5.41) is 0. The van der Waals surface area contributed by atoms with Crippen molar-refractivity contribution in [1.82, 2.24) is 0 Å². The van der Waals surface area contributed by atoms with Crippen molar-refractivity contribution in [2.24, 2.45) is 5.92 Å². The summed E-state index contributed by atoms with van der Waals surface area (Å²) >= 11 is 0. The van der Waals surface area contributed by atoms with Crippen LogP contribution < -0.4 is 15.2 Å². The zero-order valence-electron chi connectivity index (χ0n) is 11.3. The van der Waals surface area contributed by atoms with E-state index in [0.717, 1.165) is 12.8 Å². The lowest BCUT2D eigenvalue weighted by Gasteiger charge is -2.24. The first-order chi connectivity index (χ1) is 9.15. The van der Waals surface area contributed by atoms with Gasteiger partial charge in [0.25, 0.3) is 0 Å². The van der Waals surface area contributed by atoms with E-state index in [0.29, 0.717) is 35.3 Å². The van der Waals surface area contributed by atoms with E-state index in [9.17, 15) is 4.79 Å². The molecule has 19 heavy (non-hydrogen) atoms. The van der Waals surface area contributed by atoms with Gasteiger partial charge in [-0.05, 0) is 18.8 Å². The molecule has 0 bridgehead atoms. The lowest BCUT2D eigenvalue weighted by molar-refractivity contribution is 0.0372. The molecule has 1 aliphatic rings. The van der Waals surface area contributed by atoms with Crippen molar-refractivity contribution < 1.29 is 19.0 Å². The highest BCUT2D eigenvalue weighted by atomic mass is 16.5. The van der Waals surface area contributed by atoms with Crippen LogP contribution in [0.3, 0.4) is 0 Å². The Morgan fingerprint density at radius 3 is 2.42 bits per heavy atom. The fourth-order valence-corrected chi connectivity index (χ4v) is 2.00. The monoisotopic (exact) mass is 265 g/mol. The van der Waals surface area contributed by atoms with Gasteiger partial charge in [-0.2, -0.15) is 0 Å². The number of nitrogen functional groups attached to an aromatic ring is 1. The molecule has 0 unspecified atom stereocenters. The molecule has 2 rings (SSSR count). The first-order valence-corrected chi connectivity index (χ1v) is 6.34. The van der Waals surface area contributed by atoms with Gasteiger partial charge in [-0.25, -0.2) is 4.79 Å². The number of carbonyl (C=O) groups is 1. The summed E-state index contributed by atoms with van der Waals surface area (Å²) in [7, 11) is 3.03. The van der Waals surface area contributed by atoms with Gasteiger partial charge in [0.05, 0.1) is 32.1 Å². The first kappa shape index (κ1) is 13.5. The van der Waals surface area contributed by atoms with E-state index in [1.165, 1.54) is 20.6 Å². The summed E-state index contributed by atoms with van der Waals surface area (Å²) in [6.45, 7) is 0.465. The maximum atomic E-state index is 12.0. The van der Waals surface area contributed by atoms with E-state index >= 15 is 0 Å². The number of nitrogens with two attached hydrogens (primary N) is 1. The topological polar surface area (TPSA) is 70.8 Å². The number of hydrogen-bond acceptors (Lipinski definition) is 5. The smallest absolute Gasteiger partial charge is 0.340 e. The Morgan fingerprint density at radius 2 is 1.89 bits per heavy atom. The van der Waals surface area contributed by atoms with Crippen LogP contribution in [0.25, 0.3) is 0 Å². The van der Waals surface area contributed by atoms with Gasteiger partial charge in [0.2, 0.25) is 0 Å². The van der Waals surface area contributed by atoms with E-state index in [2.05, 4.69) is 0 Å². The van der Waals surface area contributed by atoms with Gasteiger partial charge in [-0.3, -0.25) is 0 Å². The average Bonchev–Trinajstić information content (AvgIpc) is 2.36. The van der Waals surface area contributed by atoms with Crippen LogP contribution in [0, 0.1) is 5.92 Å². The maximum absolute atomic E-state index is 12.0. The molecule has 104 valence electrons. The lowest BCUT2D eigenvalue weighted by Crippen LogP contribution is -2.20. The van der Waals surface area contributed by atoms with E-state index in [1.807, 2.05) is 0 Å². The summed E-state index contributed by atoms with van der Waals surface area (Å²) < 4.78 is 15.5. The molecule has 0 spiro atoms. The summed E-state index contributed by atoms with van der Waals surface area (Å²) in [6.07, 6.45) is 3.49. The number of hydrogen-bond donors (Lipinski definition) is 1. The molecule has 0 aliphatic heterocycles. The fourth-order valence-electron chi connectivity index (χ4n) is 2.00. The Labute approximate surface area is 112 Å². The molecule has 5 heteroatoms. The number of carbonyl (C=O) groups excluding carboxylic acids is 1. The predicted octanol–water partition coefficient (Wildman–Crippen LogP) is 2.24. The quantitative estimate of drug-likeness (QED) is 0.653. The number of ether oxygens (including phenoxy) is 3. The summed E-state index contributed by atoms with van der Waals surface area (Å²) in [5.74, 6) is 1.05. The molecule has 1 aromatic carbocycles. The van der Waals surface area contributed by atoms with Crippen LogP contribution in [0.5, 0.6) is 11.5 Å². The fraction of sp³-hybridized carbons (Fsp3) is 0.500. The van der Waals surface area contributed by atoms with Crippen LogP contribution in [0.4, 0.5) is 5.69 Å². The molecule has 0 atom stereocenters. The van der Waals surface area contributed by atoms with Gasteiger partial charge in [0, 0.05) is 12.1 Å². The van der Waals surface area contributed by atoms with Crippen LogP contribution in [-0.2, 0) is 4.74 Å². The molecule has 1 aromatic rings. The summed E-state index contributed by atoms with van der Waals surface area (Å²) in [5.41, 5.74) is 6.48. The normalized spacial score (nSPS) is 14.6. The zero-order chi connectivity index (χ0) is 13.8. The Kier molecular flexibility index (Phi) is 4.14. The Morgan fingerprint density at radius 1 is 1.26 bits per heavy atom. The largest absolute Gasteiger partial charge is 0.493 e. The van der Waals surface area contributed by atoms with Crippen molar-refractivity contribution in [3.8, 4) is 11.5 Å². The van der Waals surface area contributed by atoms with Crippen molar-refractivity contribution in [2.75, 3.05) is 26.6 Å². The highest BCUT2D eigenvalue weighted by Gasteiger charge is 2.21. The van der Waals surface area contributed by atoms with Crippen LogP contribution >= 0.6 is 0 Å². The van der Waals surface area contributed by atoms with Gasteiger partial charge in [-0.15, -0.1) is 0 Å². The van der Waals surface area contributed by atoms with Crippen molar-refractivity contribution in [1.29, 1.82) is 0 Å². The van der Waals surface area contributed by atoms with Gasteiger partial charge in [0.1, 0.15) is 0 Å². The number of anilines is 1. The molecular formula is C14H19NO4. The van der Waals surface area contributed by atoms with Crippen molar-refractivity contribution in [3.63, 3.8) is 0 Å². The number of methoxy groups -OCH3 is 2. The third kappa shape index (κ3) is 2.92. The molecule has 2 N–H and O–H groups in total. The minimum Gasteiger partial charge on any atom is -0.493 e. The molecule has 1 saturated carbocycles. The van der Waals surface area contributed by atoms with Crippen LogP contribution in [-0.4, -0.2) is 26.8 Å². The van der Waals surface area contributed by atoms with E-state index in [4.69, 9.17) is 19.9 Å². The molecule has 0 aromatic heterocycles. The van der Waals surface area contributed by atoms with Crippen LogP contribution in [0.2, 0.25) is 0 Å². The second-order valence-corrected chi connectivity index (χ2v) is 4.69. The highest BCUT2D eigenvalue weighted by molar-refractivity contribution is 5.96. The number of benzene rings is 1. The van der Waals surface area contributed by atoms with E-state index in [-0.39, 0.29) is 0 Å². The van der Waals surface area contributed by atoms with Gasteiger partial charge in [-0.1, -0.05) is 6.42 Å². The Bertz CT molecular complexity index is 469. The molecule has 0 heterocycles.